The van der Waals surface area contributed by atoms with E-state index in [1.165, 1.54) is 0 Å². The molecule has 0 bridgehead atoms. The van der Waals surface area contributed by atoms with Crippen LogP contribution in [0.4, 0.5) is 0 Å². The van der Waals surface area contributed by atoms with E-state index in [2.05, 4.69) is 15.1 Å². The first-order valence-corrected chi connectivity index (χ1v) is 6.59. The summed E-state index contributed by atoms with van der Waals surface area (Å²) < 4.78 is 0. The van der Waals surface area contributed by atoms with Gasteiger partial charge in [-0.3, -0.25) is 4.79 Å². The molecule has 1 amide bonds. The van der Waals surface area contributed by atoms with Gasteiger partial charge in [0.25, 0.3) is 0 Å². The van der Waals surface area contributed by atoms with Crippen molar-refractivity contribution < 1.29 is 4.79 Å². The van der Waals surface area contributed by atoms with E-state index in [1.807, 2.05) is 4.90 Å². The molecular weight excluding hydrogens is 236 g/mol. The van der Waals surface area contributed by atoms with E-state index in [9.17, 15) is 4.79 Å². The zero-order chi connectivity index (χ0) is 12.3. The first-order valence-electron chi connectivity index (χ1n) is 6.18. The molecule has 2 aliphatic rings. The fourth-order valence-corrected chi connectivity index (χ4v) is 2.63. The monoisotopic (exact) mass is 256 g/mol. The van der Waals surface area contributed by atoms with Gasteiger partial charge in [0.15, 0.2) is 5.11 Å². The van der Waals surface area contributed by atoms with Crippen LogP contribution in [0.3, 0.4) is 0 Å². The molecule has 2 heterocycles. The van der Waals surface area contributed by atoms with E-state index in [0.29, 0.717) is 0 Å². The summed E-state index contributed by atoms with van der Waals surface area (Å²) in [5.74, 6) is 0.165. The Balaban J connectivity index is 1.83. The molecule has 96 valence electrons. The second-order valence-electron chi connectivity index (χ2n) is 4.51. The van der Waals surface area contributed by atoms with Crippen molar-refractivity contribution in [3.05, 3.63) is 0 Å². The Bertz CT molecular complexity index is 296. The number of nitrogens with one attached hydrogen (secondary N) is 1. The van der Waals surface area contributed by atoms with Crippen LogP contribution in [-0.2, 0) is 4.79 Å². The van der Waals surface area contributed by atoms with Gasteiger partial charge in [-0.2, -0.15) is 0 Å². The maximum Gasteiger partial charge on any atom is 0.219 e. The Morgan fingerprint density at radius 1 is 0.941 bits per heavy atom. The fraction of sp³-hybridized carbons (Fsp3) is 0.818. The summed E-state index contributed by atoms with van der Waals surface area (Å²) >= 11 is 5.52. The molecular formula is C11H20N4OS. The number of carbonyl (C=O) groups excluding carboxylic acids is 1. The molecule has 0 unspecified atom stereocenters. The molecule has 2 rings (SSSR count). The predicted molar refractivity (Wildman–Crippen MR) is 70.9 cm³/mol. The van der Waals surface area contributed by atoms with Crippen molar-refractivity contribution >= 4 is 23.2 Å². The molecule has 6 heteroatoms. The Morgan fingerprint density at radius 2 is 1.41 bits per heavy atom. The molecule has 2 saturated heterocycles. The van der Waals surface area contributed by atoms with Gasteiger partial charge in [0.1, 0.15) is 0 Å². The number of nitrogens with zero attached hydrogens (tertiary/aromatic N) is 3. The summed E-state index contributed by atoms with van der Waals surface area (Å²) in [6, 6.07) is 0. The fourth-order valence-electron chi connectivity index (χ4n) is 2.27. The van der Waals surface area contributed by atoms with Crippen molar-refractivity contribution in [3.8, 4) is 0 Å². The van der Waals surface area contributed by atoms with Crippen molar-refractivity contribution in [1.82, 2.24) is 20.0 Å². The molecule has 0 radical (unpaired) electrons. The van der Waals surface area contributed by atoms with E-state index >= 15 is 0 Å². The molecule has 0 saturated carbocycles. The Morgan fingerprint density at radius 3 is 1.94 bits per heavy atom. The molecule has 0 aromatic rings. The lowest BCUT2D eigenvalue weighted by molar-refractivity contribution is -0.130. The van der Waals surface area contributed by atoms with Gasteiger partial charge in [-0.15, -0.1) is 0 Å². The molecule has 17 heavy (non-hydrogen) atoms. The van der Waals surface area contributed by atoms with Gasteiger partial charge in [0.2, 0.25) is 5.91 Å². The minimum atomic E-state index is 0.165. The summed E-state index contributed by atoms with van der Waals surface area (Å²) in [4.78, 5) is 17.6. The van der Waals surface area contributed by atoms with E-state index in [1.54, 1.807) is 6.92 Å². The van der Waals surface area contributed by atoms with Crippen molar-refractivity contribution in [2.24, 2.45) is 0 Å². The van der Waals surface area contributed by atoms with Crippen molar-refractivity contribution in [2.75, 3.05) is 52.4 Å². The lowest BCUT2D eigenvalue weighted by Gasteiger charge is -2.40. The van der Waals surface area contributed by atoms with Crippen LogP contribution in [0.5, 0.6) is 0 Å². The van der Waals surface area contributed by atoms with E-state index in [-0.39, 0.29) is 5.91 Å². The van der Waals surface area contributed by atoms with Crippen LogP contribution in [0, 0.1) is 0 Å². The SMILES string of the molecule is CC(=O)N1CCN(C(=S)N2CCNCC2)CC1. The van der Waals surface area contributed by atoms with Gasteiger partial charge in [0.05, 0.1) is 0 Å². The van der Waals surface area contributed by atoms with Crippen LogP contribution in [0.1, 0.15) is 6.92 Å². The summed E-state index contributed by atoms with van der Waals surface area (Å²) in [6.45, 7) is 8.94. The molecule has 1 N–H and O–H groups in total. The smallest absolute Gasteiger partial charge is 0.219 e. The van der Waals surface area contributed by atoms with Crippen LogP contribution in [0.25, 0.3) is 0 Å². The number of thiocarbonyl (C=S) groups is 1. The molecule has 0 aliphatic carbocycles. The summed E-state index contributed by atoms with van der Waals surface area (Å²) in [5, 5.41) is 4.28. The van der Waals surface area contributed by atoms with Gasteiger partial charge in [-0.05, 0) is 12.2 Å². The van der Waals surface area contributed by atoms with Gasteiger partial charge < -0.3 is 20.0 Å². The third-order valence-electron chi connectivity index (χ3n) is 3.38. The lowest BCUT2D eigenvalue weighted by atomic mass is 10.3. The normalized spacial score (nSPS) is 21.6. The quantitative estimate of drug-likeness (QED) is 0.583. The zero-order valence-electron chi connectivity index (χ0n) is 10.3. The van der Waals surface area contributed by atoms with Crippen LogP contribution in [0.2, 0.25) is 0 Å². The molecule has 0 atom stereocenters. The van der Waals surface area contributed by atoms with E-state index in [0.717, 1.165) is 57.5 Å². The number of hydrogen-bond acceptors (Lipinski definition) is 3. The van der Waals surface area contributed by atoms with Crippen LogP contribution < -0.4 is 5.32 Å². The van der Waals surface area contributed by atoms with Crippen molar-refractivity contribution in [3.63, 3.8) is 0 Å². The number of piperazine rings is 2. The average molecular weight is 256 g/mol. The first kappa shape index (κ1) is 12.6. The Labute approximate surface area is 108 Å². The molecule has 0 aromatic carbocycles. The van der Waals surface area contributed by atoms with Crippen LogP contribution in [-0.4, -0.2) is 78.1 Å². The second-order valence-corrected chi connectivity index (χ2v) is 4.88. The van der Waals surface area contributed by atoms with Crippen LogP contribution >= 0.6 is 12.2 Å². The van der Waals surface area contributed by atoms with Gasteiger partial charge in [0, 0.05) is 59.3 Å². The number of amides is 1. The molecule has 2 fully saturated rings. The van der Waals surface area contributed by atoms with E-state index in [4.69, 9.17) is 12.2 Å². The van der Waals surface area contributed by atoms with E-state index < -0.39 is 0 Å². The van der Waals surface area contributed by atoms with Crippen LogP contribution in [0.15, 0.2) is 0 Å². The second kappa shape index (κ2) is 5.64. The topological polar surface area (TPSA) is 38.8 Å². The Hall–Kier alpha value is -0.880. The average Bonchev–Trinajstić information content (AvgIpc) is 2.39. The molecule has 2 aliphatic heterocycles. The molecule has 0 spiro atoms. The number of carbonyl (C=O) groups is 1. The maximum atomic E-state index is 11.2. The van der Waals surface area contributed by atoms with Crippen molar-refractivity contribution in [2.45, 2.75) is 6.92 Å². The summed E-state index contributed by atoms with van der Waals surface area (Å²) in [5.41, 5.74) is 0. The standard InChI is InChI=1S/C11H20N4OS/c1-10(16)13-6-8-15(9-7-13)11(17)14-4-2-12-3-5-14/h12H,2-9H2,1H3. The summed E-state index contributed by atoms with van der Waals surface area (Å²) in [6.07, 6.45) is 0. The van der Waals surface area contributed by atoms with Crippen molar-refractivity contribution in [1.29, 1.82) is 0 Å². The maximum absolute atomic E-state index is 11.2. The highest BCUT2D eigenvalue weighted by Crippen LogP contribution is 2.07. The number of rotatable bonds is 0. The van der Waals surface area contributed by atoms with Gasteiger partial charge >= 0.3 is 0 Å². The Kier molecular flexibility index (Phi) is 4.17. The highest BCUT2D eigenvalue weighted by atomic mass is 32.1. The minimum absolute atomic E-state index is 0.165. The van der Waals surface area contributed by atoms with Gasteiger partial charge in [-0.25, -0.2) is 0 Å². The van der Waals surface area contributed by atoms with Gasteiger partial charge in [-0.1, -0.05) is 0 Å². The highest BCUT2D eigenvalue weighted by molar-refractivity contribution is 7.80. The third kappa shape index (κ3) is 3.07. The first-order chi connectivity index (χ1) is 8.18. The molecule has 0 aromatic heterocycles. The third-order valence-corrected chi connectivity index (χ3v) is 3.90. The predicted octanol–water partition coefficient (Wildman–Crippen LogP) is -0.659. The lowest BCUT2D eigenvalue weighted by Crippen LogP contribution is -2.56. The minimum Gasteiger partial charge on any atom is -0.347 e. The summed E-state index contributed by atoms with van der Waals surface area (Å²) in [7, 11) is 0. The largest absolute Gasteiger partial charge is 0.347 e. The molecule has 5 nitrogen and oxygen atoms in total. The number of hydrogen-bond donors (Lipinski definition) is 1. The highest BCUT2D eigenvalue weighted by Gasteiger charge is 2.23. The zero-order valence-corrected chi connectivity index (χ0v) is 11.1.